The van der Waals surface area contributed by atoms with Gasteiger partial charge in [0.1, 0.15) is 0 Å². The molecule has 2 heteroatoms. The maximum absolute atomic E-state index is 14.6. The number of benzene rings is 10. The van der Waals surface area contributed by atoms with Gasteiger partial charge < -0.3 is 4.57 Å². The molecule has 326 valence electrons. The Morgan fingerprint density at radius 1 is 0.362 bits per heavy atom. The van der Waals surface area contributed by atoms with Gasteiger partial charge in [-0.2, -0.15) is 0 Å². The summed E-state index contributed by atoms with van der Waals surface area (Å²) in [6.45, 7) is 0. The van der Waals surface area contributed by atoms with Crippen molar-refractivity contribution < 1.29 is 4.79 Å². The fourth-order valence-electron chi connectivity index (χ4n) is 10.3. The van der Waals surface area contributed by atoms with E-state index in [9.17, 15) is 4.79 Å². The van der Waals surface area contributed by atoms with Crippen LogP contribution in [0.25, 0.3) is 101 Å². The maximum atomic E-state index is 14.6. The van der Waals surface area contributed by atoms with Crippen LogP contribution in [0.3, 0.4) is 0 Å². The molecular weight excluding hydrogens is 835 g/mol. The second-order valence-electron chi connectivity index (χ2n) is 17.9. The number of carbonyl (C=O) groups excluding carboxylic acids is 1. The number of aryl methyl sites for hydroxylation is 1. The zero-order valence-corrected chi connectivity index (χ0v) is 38.1. The molecular formula is C67H47NO. The molecule has 12 rings (SSSR count). The van der Waals surface area contributed by atoms with E-state index in [1.807, 2.05) is 66.7 Å². The van der Waals surface area contributed by atoms with Crippen LogP contribution in [0.4, 0.5) is 0 Å². The van der Waals surface area contributed by atoms with Gasteiger partial charge in [-0.15, -0.1) is 0 Å². The van der Waals surface area contributed by atoms with Gasteiger partial charge in [-0.25, -0.2) is 0 Å². The molecule has 2 nitrogen and oxygen atoms in total. The molecule has 1 aliphatic rings. The van der Waals surface area contributed by atoms with Crippen molar-refractivity contribution in [1.82, 2.24) is 4.57 Å². The third-order valence-electron chi connectivity index (χ3n) is 13.6. The molecule has 69 heavy (non-hydrogen) atoms. The number of carbonyl (C=O) groups is 1. The maximum Gasteiger partial charge on any atom is 0.193 e. The Labute approximate surface area is 403 Å². The first kappa shape index (κ1) is 41.6. The van der Waals surface area contributed by atoms with Crippen LogP contribution in [0, 0.1) is 0 Å². The van der Waals surface area contributed by atoms with E-state index in [0.29, 0.717) is 11.1 Å². The summed E-state index contributed by atoms with van der Waals surface area (Å²) in [7, 11) is 0. The number of fused-ring (bicyclic) bond motifs is 3. The first-order valence-corrected chi connectivity index (χ1v) is 23.8. The predicted octanol–water partition coefficient (Wildman–Crippen LogP) is 17.5. The fraction of sp³-hybridized carbons (Fsp3) is 0.0299. The minimum Gasteiger partial charge on any atom is -0.310 e. The lowest BCUT2D eigenvalue weighted by molar-refractivity contribution is 0.103. The van der Waals surface area contributed by atoms with Crippen molar-refractivity contribution in [3.8, 4) is 83.6 Å². The van der Waals surface area contributed by atoms with E-state index in [-0.39, 0.29) is 5.78 Å². The number of hydrogen-bond donors (Lipinski definition) is 0. The summed E-state index contributed by atoms with van der Waals surface area (Å²) >= 11 is 0. The standard InChI is InChI=1S/C67H47NO/c69-67(58-42-55(46-19-5-1-6-20-46)41-56(43-58)47-21-7-2-8-22-47)54-30-18-28-52(40-54)51-27-17-29-53(39-51)66-62(49-23-9-3-10-24-49)44-57(45-63(66)50-25-11-4-12-26-50)48-35-37-59(38-36-48)68-64-33-15-13-31-60(64)61-32-14-16-34-65(61)68/h1-13,15-31,33-45H,14,32H2. The van der Waals surface area contributed by atoms with E-state index < -0.39 is 0 Å². The molecule has 0 saturated heterocycles. The quantitative estimate of drug-likeness (QED) is 0.125. The molecule has 10 aromatic carbocycles. The highest BCUT2D eigenvalue weighted by Gasteiger charge is 2.21. The van der Waals surface area contributed by atoms with Crippen LogP contribution in [-0.4, -0.2) is 10.4 Å². The van der Waals surface area contributed by atoms with Crippen molar-refractivity contribution in [2.45, 2.75) is 12.8 Å². The molecule has 0 spiro atoms. The molecule has 0 aliphatic heterocycles. The largest absolute Gasteiger partial charge is 0.310 e. The highest BCUT2D eigenvalue weighted by molar-refractivity contribution is 6.11. The lowest BCUT2D eigenvalue weighted by Gasteiger charge is -2.20. The van der Waals surface area contributed by atoms with Crippen LogP contribution in [-0.2, 0) is 6.42 Å². The Bertz CT molecular complexity index is 3580. The average molecular weight is 882 g/mol. The van der Waals surface area contributed by atoms with Crippen molar-refractivity contribution >= 4 is 22.8 Å². The van der Waals surface area contributed by atoms with Crippen LogP contribution in [0.15, 0.2) is 255 Å². The Balaban J connectivity index is 0.954. The van der Waals surface area contributed by atoms with Gasteiger partial charge in [-0.05, 0) is 163 Å². The first-order valence-electron chi connectivity index (χ1n) is 23.8. The molecule has 0 radical (unpaired) electrons. The normalized spacial score (nSPS) is 11.9. The highest BCUT2D eigenvalue weighted by Crippen LogP contribution is 2.45. The van der Waals surface area contributed by atoms with E-state index in [4.69, 9.17) is 0 Å². The Morgan fingerprint density at radius 3 is 1.45 bits per heavy atom. The van der Waals surface area contributed by atoms with Crippen molar-refractivity contribution in [1.29, 1.82) is 0 Å². The topological polar surface area (TPSA) is 22.0 Å². The van der Waals surface area contributed by atoms with E-state index in [2.05, 4.69) is 199 Å². The fourth-order valence-corrected chi connectivity index (χ4v) is 10.3. The summed E-state index contributed by atoms with van der Waals surface area (Å²) in [5, 5.41) is 1.34. The van der Waals surface area contributed by atoms with E-state index >= 15 is 0 Å². The third kappa shape index (κ3) is 8.03. The number of allylic oxidation sites excluding steroid dienone is 1. The van der Waals surface area contributed by atoms with Crippen molar-refractivity contribution in [2.75, 3.05) is 0 Å². The zero-order chi connectivity index (χ0) is 46.1. The monoisotopic (exact) mass is 881 g/mol. The number of rotatable bonds is 10. The van der Waals surface area contributed by atoms with Gasteiger partial charge in [0.2, 0.25) is 0 Å². The zero-order valence-electron chi connectivity index (χ0n) is 38.1. The van der Waals surface area contributed by atoms with Crippen LogP contribution < -0.4 is 0 Å². The van der Waals surface area contributed by atoms with Gasteiger partial charge in [0.15, 0.2) is 5.78 Å². The number of nitrogens with zero attached hydrogens (tertiary/aromatic N) is 1. The van der Waals surface area contributed by atoms with E-state index in [1.54, 1.807) is 0 Å². The molecule has 11 aromatic rings. The molecule has 1 aliphatic carbocycles. The minimum absolute atomic E-state index is 0.0118. The molecule has 0 fully saturated rings. The van der Waals surface area contributed by atoms with Crippen LogP contribution in [0.5, 0.6) is 0 Å². The Kier molecular flexibility index (Phi) is 10.9. The molecule has 0 saturated carbocycles. The number of hydrogen-bond acceptors (Lipinski definition) is 1. The summed E-state index contributed by atoms with van der Waals surface area (Å²) in [4.78, 5) is 14.6. The molecule has 0 N–H and O–H groups in total. The highest BCUT2D eigenvalue weighted by atomic mass is 16.1. The summed E-state index contributed by atoms with van der Waals surface area (Å²) < 4.78 is 2.42. The molecule has 0 atom stereocenters. The molecule has 0 amide bonds. The lowest BCUT2D eigenvalue weighted by atomic mass is 9.84. The summed E-state index contributed by atoms with van der Waals surface area (Å²) in [6, 6.07) is 87.8. The van der Waals surface area contributed by atoms with Gasteiger partial charge in [0.25, 0.3) is 0 Å². The Hall–Kier alpha value is -8.85. The van der Waals surface area contributed by atoms with Gasteiger partial charge >= 0.3 is 0 Å². The lowest BCUT2D eigenvalue weighted by Crippen LogP contribution is -2.02. The van der Waals surface area contributed by atoms with E-state index in [0.717, 1.165) is 96.4 Å². The van der Waals surface area contributed by atoms with E-state index in [1.165, 1.54) is 22.2 Å². The van der Waals surface area contributed by atoms with Crippen LogP contribution in [0.1, 0.15) is 33.6 Å². The predicted molar refractivity (Wildman–Crippen MR) is 289 cm³/mol. The van der Waals surface area contributed by atoms with Crippen LogP contribution in [0.2, 0.25) is 0 Å². The van der Waals surface area contributed by atoms with Crippen molar-refractivity contribution in [3.63, 3.8) is 0 Å². The second-order valence-corrected chi connectivity index (χ2v) is 17.9. The Morgan fingerprint density at radius 2 is 0.826 bits per heavy atom. The molecule has 0 bridgehead atoms. The van der Waals surface area contributed by atoms with Crippen molar-refractivity contribution in [3.05, 3.63) is 277 Å². The van der Waals surface area contributed by atoms with Gasteiger partial charge in [0.05, 0.1) is 5.52 Å². The van der Waals surface area contributed by atoms with Crippen molar-refractivity contribution in [2.24, 2.45) is 0 Å². The van der Waals surface area contributed by atoms with Crippen LogP contribution >= 0.6 is 0 Å². The molecule has 0 unspecified atom stereocenters. The average Bonchev–Trinajstić information content (AvgIpc) is 3.78. The summed E-state index contributed by atoms with van der Waals surface area (Å²) in [5.41, 5.74) is 21.8. The second kappa shape index (κ2) is 18.1. The number of para-hydroxylation sites is 1. The van der Waals surface area contributed by atoms with Gasteiger partial charge in [-0.3, -0.25) is 4.79 Å². The minimum atomic E-state index is -0.0118. The summed E-state index contributed by atoms with van der Waals surface area (Å²) in [5.74, 6) is -0.0118. The number of ketones is 1. The number of aromatic nitrogens is 1. The molecule has 1 heterocycles. The smallest absolute Gasteiger partial charge is 0.193 e. The SMILES string of the molecule is O=C(c1cccc(-c2cccc(-c3c(-c4ccccc4)cc(-c4ccc(-n5c6c(c7ccccc75)CCC=C6)cc4)cc3-c3ccccc3)c2)c1)c1cc(-c2ccccc2)cc(-c2ccccc2)c1. The summed E-state index contributed by atoms with van der Waals surface area (Å²) in [6.07, 6.45) is 6.72. The molecule has 1 aromatic heterocycles. The first-order chi connectivity index (χ1) is 34.1. The third-order valence-corrected chi connectivity index (χ3v) is 13.6. The van der Waals surface area contributed by atoms with Gasteiger partial charge in [0, 0.05) is 27.9 Å². The van der Waals surface area contributed by atoms with Gasteiger partial charge in [-0.1, -0.05) is 194 Å².